The van der Waals surface area contributed by atoms with Crippen molar-refractivity contribution in [3.05, 3.63) is 32.6 Å². The van der Waals surface area contributed by atoms with Crippen LogP contribution in [0, 0.1) is 15.0 Å². The predicted octanol–water partition coefficient (Wildman–Crippen LogP) is 3.67. The monoisotopic (exact) mass is 581 g/mol. The standard InChI is InChI=1S/C20H21ClIN9O2/c1-2-24-17-18-25-10-15(22)31(18)29-19(28-17)27-13-7-11(9-23)8-14(16(13)21)30-5-3-12(4-6-30)26-20(32)33/h7-8,10,12,26H,2-6H2,1H3,(H,32,33)(H2,24,27,28,29). The molecule has 0 bridgehead atoms. The quantitative estimate of drug-likeness (QED) is 0.321. The van der Waals surface area contributed by atoms with Crippen LogP contribution in [0.25, 0.3) is 5.65 Å². The van der Waals surface area contributed by atoms with Crippen molar-refractivity contribution in [3.8, 4) is 6.07 Å². The molecule has 0 spiro atoms. The van der Waals surface area contributed by atoms with Crippen molar-refractivity contribution in [2.24, 2.45) is 0 Å². The summed E-state index contributed by atoms with van der Waals surface area (Å²) >= 11 is 8.90. The van der Waals surface area contributed by atoms with Crippen LogP contribution in [0.2, 0.25) is 5.02 Å². The summed E-state index contributed by atoms with van der Waals surface area (Å²) in [5.41, 5.74) is 2.26. The topological polar surface area (TPSA) is 144 Å². The Kier molecular flexibility index (Phi) is 6.89. The van der Waals surface area contributed by atoms with Crippen LogP contribution < -0.4 is 20.9 Å². The Morgan fingerprint density at radius 2 is 2.15 bits per heavy atom. The molecule has 0 atom stereocenters. The maximum Gasteiger partial charge on any atom is 0.404 e. The van der Waals surface area contributed by atoms with Gasteiger partial charge >= 0.3 is 6.09 Å². The predicted molar refractivity (Wildman–Crippen MR) is 134 cm³/mol. The fourth-order valence-corrected chi connectivity index (χ4v) is 4.50. The van der Waals surface area contributed by atoms with Crippen molar-refractivity contribution in [2.75, 3.05) is 35.2 Å². The van der Waals surface area contributed by atoms with Gasteiger partial charge in [0, 0.05) is 25.7 Å². The first kappa shape index (κ1) is 23.1. The molecule has 1 fully saturated rings. The average molecular weight is 582 g/mol. The number of hydrogen-bond acceptors (Lipinski definition) is 8. The maximum atomic E-state index is 10.9. The summed E-state index contributed by atoms with van der Waals surface area (Å²) in [5, 5.41) is 32.4. The molecule has 0 aliphatic carbocycles. The SMILES string of the molecule is CCNc1nc(Nc2cc(C#N)cc(N3CCC(NC(=O)O)CC3)c2Cl)nn2c(I)cnc12. The van der Waals surface area contributed by atoms with Gasteiger partial charge in [-0.15, -0.1) is 5.10 Å². The number of rotatable bonds is 6. The van der Waals surface area contributed by atoms with Crippen LogP contribution in [0.3, 0.4) is 0 Å². The summed E-state index contributed by atoms with van der Waals surface area (Å²) in [5.74, 6) is 0.889. The van der Waals surface area contributed by atoms with Crippen LogP contribution in [0.5, 0.6) is 0 Å². The van der Waals surface area contributed by atoms with Gasteiger partial charge in [0.1, 0.15) is 3.70 Å². The summed E-state index contributed by atoms with van der Waals surface area (Å²) in [6, 6.07) is 5.47. The van der Waals surface area contributed by atoms with E-state index in [2.05, 4.69) is 64.6 Å². The van der Waals surface area contributed by atoms with E-state index in [9.17, 15) is 10.1 Å². The van der Waals surface area contributed by atoms with Crippen molar-refractivity contribution >= 4 is 69.1 Å². The lowest BCUT2D eigenvalue weighted by molar-refractivity contribution is 0.187. The molecule has 4 rings (SSSR count). The van der Waals surface area contributed by atoms with Crippen molar-refractivity contribution < 1.29 is 9.90 Å². The molecule has 2 aromatic heterocycles. The zero-order chi connectivity index (χ0) is 23.5. The van der Waals surface area contributed by atoms with Crippen LogP contribution in [-0.4, -0.2) is 56.5 Å². The first-order valence-corrected chi connectivity index (χ1v) is 11.8. The first-order valence-electron chi connectivity index (χ1n) is 10.3. The van der Waals surface area contributed by atoms with Gasteiger partial charge in [-0.2, -0.15) is 10.2 Å². The second-order valence-corrected chi connectivity index (χ2v) is 8.92. The number of amides is 1. The number of halogens is 2. The highest BCUT2D eigenvalue weighted by Crippen LogP contribution is 2.37. The minimum absolute atomic E-state index is 0.100. The molecule has 33 heavy (non-hydrogen) atoms. The molecule has 1 saturated heterocycles. The lowest BCUT2D eigenvalue weighted by Crippen LogP contribution is -2.44. The molecule has 0 radical (unpaired) electrons. The van der Waals surface area contributed by atoms with Crippen LogP contribution >= 0.6 is 34.2 Å². The molecular weight excluding hydrogens is 561 g/mol. The van der Waals surface area contributed by atoms with Crippen molar-refractivity contribution in [3.63, 3.8) is 0 Å². The van der Waals surface area contributed by atoms with Crippen molar-refractivity contribution in [1.29, 1.82) is 5.26 Å². The van der Waals surface area contributed by atoms with Crippen LogP contribution in [0.15, 0.2) is 18.3 Å². The van der Waals surface area contributed by atoms with Crippen LogP contribution in [0.4, 0.5) is 27.9 Å². The number of nitrogens with zero attached hydrogens (tertiary/aromatic N) is 6. The van der Waals surface area contributed by atoms with Crippen molar-refractivity contribution in [1.82, 2.24) is 24.9 Å². The zero-order valence-electron chi connectivity index (χ0n) is 17.6. The van der Waals surface area contributed by atoms with E-state index in [1.165, 1.54) is 0 Å². The van der Waals surface area contributed by atoms with Crippen LogP contribution in [-0.2, 0) is 0 Å². The largest absolute Gasteiger partial charge is 0.465 e. The Morgan fingerprint density at radius 1 is 1.39 bits per heavy atom. The number of nitriles is 1. The van der Waals surface area contributed by atoms with E-state index < -0.39 is 6.09 Å². The normalized spacial score (nSPS) is 14.2. The van der Waals surface area contributed by atoms with Gasteiger partial charge in [-0.1, -0.05) is 11.6 Å². The highest BCUT2D eigenvalue weighted by molar-refractivity contribution is 14.1. The Morgan fingerprint density at radius 3 is 2.82 bits per heavy atom. The van der Waals surface area contributed by atoms with E-state index in [4.69, 9.17) is 16.7 Å². The Hall–Kier alpha value is -3.05. The third-order valence-corrected chi connectivity index (χ3v) is 6.39. The number of carbonyl (C=O) groups is 1. The number of nitrogens with one attached hydrogen (secondary N) is 3. The third-order valence-electron chi connectivity index (χ3n) is 5.26. The number of piperidine rings is 1. The van der Waals surface area contributed by atoms with Gasteiger partial charge in [-0.3, -0.25) is 0 Å². The number of anilines is 4. The summed E-state index contributed by atoms with van der Waals surface area (Å²) in [4.78, 5) is 21.9. The number of hydrogen-bond donors (Lipinski definition) is 4. The molecular formula is C20H21ClIN9O2. The molecule has 0 saturated carbocycles. The fourth-order valence-electron chi connectivity index (χ4n) is 3.75. The van der Waals surface area contributed by atoms with Gasteiger partial charge in [-0.25, -0.2) is 14.3 Å². The van der Waals surface area contributed by atoms with Gasteiger partial charge in [0.2, 0.25) is 5.95 Å². The molecule has 0 unspecified atom stereocenters. The van der Waals surface area contributed by atoms with E-state index in [0.717, 1.165) is 3.70 Å². The lowest BCUT2D eigenvalue weighted by Gasteiger charge is -2.34. The molecule has 11 nitrogen and oxygen atoms in total. The molecule has 13 heteroatoms. The van der Waals surface area contributed by atoms with E-state index >= 15 is 0 Å². The molecule has 3 aromatic rings. The molecule has 3 heterocycles. The first-order chi connectivity index (χ1) is 15.9. The second-order valence-electron chi connectivity index (χ2n) is 7.44. The Bertz CT molecular complexity index is 1230. The second kappa shape index (κ2) is 9.84. The molecule has 1 aromatic carbocycles. The molecule has 1 amide bonds. The van der Waals surface area contributed by atoms with E-state index in [0.29, 0.717) is 71.9 Å². The minimum Gasteiger partial charge on any atom is -0.465 e. The summed E-state index contributed by atoms with van der Waals surface area (Å²) in [6.45, 7) is 3.85. The van der Waals surface area contributed by atoms with Gasteiger partial charge in [-0.05, 0) is 54.5 Å². The van der Waals surface area contributed by atoms with Gasteiger partial charge in [0.25, 0.3) is 0 Å². The van der Waals surface area contributed by atoms with Crippen molar-refractivity contribution in [2.45, 2.75) is 25.8 Å². The maximum absolute atomic E-state index is 10.9. The Labute approximate surface area is 208 Å². The fraction of sp³-hybridized carbons (Fsp3) is 0.350. The molecule has 1 aliphatic rings. The minimum atomic E-state index is -1.02. The van der Waals surface area contributed by atoms with Gasteiger partial charge < -0.3 is 26.0 Å². The van der Waals surface area contributed by atoms with Crippen LogP contribution in [0.1, 0.15) is 25.3 Å². The summed E-state index contributed by atoms with van der Waals surface area (Å²) < 4.78 is 2.50. The number of fused-ring (bicyclic) bond motifs is 1. The Balaban J connectivity index is 1.65. The number of benzene rings is 1. The molecule has 172 valence electrons. The highest BCUT2D eigenvalue weighted by Gasteiger charge is 2.24. The lowest BCUT2D eigenvalue weighted by atomic mass is 10.0. The third kappa shape index (κ3) is 4.98. The number of carboxylic acid groups (broad SMARTS) is 1. The molecule has 4 N–H and O–H groups in total. The summed E-state index contributed by atoms with van der Waals surface area (Å²) in [7, 11) is 0. The van der Waals surface area contributed by atoms with Gasteiger partial charge in [0.05, 0.1) is 34.2 Å². The number of aromatic nitrogens is 4. The van der Waals surface area contributed by atoms with Gasteiger partial charge in [0.15, 0.2) is 11.5 Å². The zero-order valence-corrected chi connectivity index (χ0v) is 20.6. The van der Waals surface area contributed by atoms with E-state index in [1.807, 2.05) is 6.92 Å². The van der Waals surface area contributed by atoms with E-state index in [1.54, 1.807) is 22.8 Å². The number of imidazole rings is 1. The smallest absolute Gasteiger partial charge is 0.404 e. The summed E-state index contributed by atoms with van der Waals surface area (Å²) in [6.07, 6.45) is 1.98. The molecule has 1 aliphatic heterocycles. The average Bonchev–Trinajstić information content (AvgIpc) is 3.16. The highest BCUT2D eigenvalue weighted by atomic mass is 127. The van der Waals surface area contributed by atoms with E-state index in [-0.39, 0.29) is 6.04 Å².